The molecule has 6 heteroatoms. The first-order valence-corrected chi connectivity index (χ1v) is 9.02. The molecule has 1 aliphatic rings. The largest absolute Gasteiger partial charge is 0.465 e. The van der Waals surface area contributed by atoms with Crippen molar-refractivity contribution in [1.29, 1.82) is 0 Å². The monoisotopic (exact) mass is 386 g/mol. The van der Waals surface area contributed by atoms with E-state index in [0.717, 1.165) is 5.56 Å². The van der Waals surface area contributed by atoms with E-state index in [-0.39, 0.29) is 11.9 Å². The number of para-hydroxylation sites is 1. The Labute approximate surface area is 167 Å². The number of furan rings is 1. The molecule has 0 atom stereocenters. The summed E-state index contributed by atoms with van der Waals surface area (Å²) in [7, 11) is 1.34. The number of benzene rings is 2. The second-order valence-corrected chi connectivity index (χ2v) is 6.47. The van der Waals surface area contributed by atoms with E-state index in [1.165, 1.54) is 12.1 Å². The van der Waals surface area contributed by atoms with Crippen LogP contribution in [0.4, 0.5) is 5.69 Å². The van der Waals surface area contributed by atoms with Crippen LogP contribution in [0.15, 0.2) is 81.8 Å². The molecule has 3 aromatic rings. The molecule has 0 fully saturated rings. The first-order chi connectivity index (χ1) is 14.1. The molecule has 0 saturated heterocycles. The van der Waals surface area contributed by atoms with Crippen molar-refractivity contribution in [1.82, 2.24) is 0 Å². The maximum atomic E-state index is 12.8. The molecule has 0 radical (unpaired) electrons. The third-order valence-electron chi connectivity index (χ3n) is 4.57. The minimum Gasteiger partial charge on any atom is -0.465 e. The summed E-state index contributed by atoms with van der Waals surface area (Å²) in [5, 5.41) is 5.75. The minimum atomic E-state index is -0.390. The summed E-state index contributed by atoms with van der Waals surface area (Å²) in [6, 6.07) is 19.8. The number of ether oxygens (including phenoxy) is 1. The Morgan fingerprint density at radius 1 is 1.03 bits per heavy atom. The molecule has 1 amide bonds. The number of carbonyl (C=O) groups excluding carboxylic acids is 2. The van der Waals surface area contributed by atoms with Gasteiger partial charge in [0.2, 0.25) is 0 Å². The lowest BCUT2D eigenvalue weighted by atomic mass is 10.1. The van der Waals surface area contributed by atoms with Crippen molar-refractivity contribution in [2.45, 2.75) is 6.92 Å². The minimum absolute atomic E-state index is 0.200. The van der Waals surface area contributed by atoms with Gasteiger partial charge in [0.1, 0.15) is 11.5 Å². The second-order valence-electron chi connectivity index (χ2n) is 6.47. The average Bonchev–Trinajstić information content (AvgIpc) is 3.34. The Kier molecular flexibility index (Phi) is 4.83. The first-order valence-electron chi connectivity index (χ1n) is 9.02. The molecule has 2 heterocycles. The third-order valence-corrected chi connectivity index (χ3v) is 4.57. The molecule has 0 saturated carbocycles. The Hall–Kier alpha value is -3.93. The molecule has 2 aromatic carbocycles. The maximum absolute atomic E-state index is 12.8. The van der Waals surface area contributed by atoms with Crippen LogP contribution in [-0.2, 0) is 9.53 Å². The molecule has 0 aliphatic carbocycles. The van der Waals surface area contributed by atoms with Gasteiger partial charge in [-0.2, -0.15) is 10.1 Å². The van der Waals surface area contributed by atoms with Crippen LogP contribution in [0.2, 0.25) is 0 Å². The Bertz CT molecular complexity index is 1130. The molecule has 6 nitrogen and oxygen atoms in total. The van der Waals surface area contributed by atoms with Crippen molar-refractivity contribution < 1.29 is 18.7 Å². The van der Waals surface area contributed by atoms with Gasteiger partial charge in [-0.15, -0.1) is 0 Å². The van der Waals surface area contributed by atoms with E-state index in [4.69, 9.17) is 9.15 Å². The topological polar surface area (TPSA) is 72.1 Å². The number of hydrogen-bond donors (Lipinski definition) is 0. The number of nitrogens with zero attached hydrogens (tertiary/aromatic N) is 2. The van der Waals surface area contributed by atoms with Crippen LogP contribution < -0.4 is 5.01 Å². The number of amides is 1. The average molecular weight is 386 g/mol. The van der Waals surface area contributed by atoms with E-state index in [1.807, 2.05) is 36.4 Å². The zero-order chi connectivity index (χ0) is 20.4. The molecule has 1 aromatic heterocycles. The fourth-order valence-electron chi connectivity index (χ4n) is 3.04. The Morgan fingerprint density at radius 2 is 1.76 bits per heavy atom. The van der Waals surface area contributed by atoms with Gasteiger partial charge < -0.3 is 9.15 Å². The number of anilines is 1. The van der Waals surface area contributed by atoms with Crippen molar-refractivity contribution in [3.05, 3.63) is 83.6 Å². The van der Waals surface area contributed by atoms with Crippen molar-refractivity contribution >= 4 is 29.4 Å². The number of methoxy groups -OCH3 is 1. The van der Waals surface area contributed by atoms with Crippen molar-refractivity contribution in [2.24, 2.45) is 5.10 Å². The molecule has 0 unspecified atom stereocenters. The van der Waals surface area contributed by atoms with Gasteiger partial charge in [0.15, 0.2) is 0 Å². The SMILES string of the molecule is COC(=O)c1ccc(-c2ccc(C=C3C(=O)N(c4ccccc4)N=C3C)o2)cc1. The van der Waals surface area contributed by atoms with E-state index in [9.17, 15) is 9.59 Å². The molecule has 1 aliphatic heterocycles. The fourth-order valence-corrected chi connectivity index (χ4v) is 3.04. The highest BCUT2D eigenvalue weighted by atomic mass is 16.5. The molecule has 0 spiro atoms. The number of rotatable bonds is 4. The summed E-state index contributed by atoms with van der Waals surface area (Å²) in [5.74, 6) is 0.589. The molecule has 29 heavy (non-hydrogen) atoms. The van der Waals surface area contributed by atoms with Gasteiger partial charge in [-0.05, 0) is 49.4 Å². The summed E-state index contributed by atoms with van der Waals surface area (Å²) >= 11 is 0. The van der Waals surface area contributed by atoms with Crippen LogP contribution in [0.5, 0.6) is 0 Å². The summed E-state index contributed by atoms with van der Waals surface area (Å²) in [5.41, 5.74) is 3.10. The smallest absolute Gasteiger partial charge is 0.337 e. The van der Waals surface area contributed by atoms with Crippen LogP contribution in [0.25, 0.3) is 17.4 Å². The zero-order valence-electron chi connectivity index (χ0n) is 16.0. The van der Waals surface area contributed by atoms with Crippen LogP contribution in [-0.4, -0.2) is 24.7 Å². The quantitative estimate of drug-likeness (QED) is 0.487. The Balaban J connectivity index is 1.57. The first kappa shape index (κ1) is 18.4. The molecular weight excluding hydrogens is 368 g/mol. The van der Waals surface area contributed by atoms with Crippen LogP contribution in [0, 0.1) is 0 Å². The van der Waals surface area contributed by atoms with Gasteiger partial charge >= 0.3 is 5.97 Å². The predicted octanol–water partition coefficient (Wildman–Crippen LogP) is 4.54. The molecule has 0 bridgehead atoms. The highest BCUT2D eigenvalue weighted by Crippen LogP contribution is 2.27. The van der Waals surface area contributed by atoms with Gasteiger partial charge in [0.25, 0.3) is 5.91 Å². The third kappa shape index (κ3) is 3.60. The number of carbonyl (C=O) groups is 2. The highest BCUT2D eigenvalue weighted by Gasteiger charge is 2.28. The lowest BCUT2D eigenvalue weighted by Gasteiger charge is -2.10. The van der Waals surface area contributed by atoms with Gasteiger partial charge in [-0.1, -0.05) is 30.3 Å². The fraction of sp³-hybridized carbons (Fsp3) is 0.0870. The van der Waals surface area contributed by atoms with E-state index >= 15 is 0 Å². The van der Waals surface area contributed by atoms with Gasteiger partial charge in [0.05, 0.1) is 29.6 Å². The highest BCUT2D eigenvalue weighted by molar-refractivity contribution is 6.32. The van der Waals surface area contributed by atoms with Gasteiger partial charge in [0, 0.05) is 5.56 Å². The van der Waals surface area contributed by atoms with E-state index in [0.29, 0.717) is 34.1 Å². The lowest BCUT2D eigenvalue weighted by Crippen LogP contribution is -2.21. The van der Waals surface area contributed by atoms with E-state index in [2.05, 4.69) is 5.10 Å². The standard InChI is InChI=1S/C23H18N2O4/c1-15-20(22(26)25(24-15)18-6-4-3-5-7-18)14-19-12-13-21(29-19)16-8-10-17(11-9-16)23(27)28-2/h3-14H,1-2H3. The molecule has 144 valence electrons. The zero-order valence-corrected chi connectivity index (χ0v) is 16.0. The van der Waals surface area contributed by atoms with Crippen molar-refractivity contribution in [3.63, 3.8) is 0 Å². The lowest BCUT2D eigenvalue weighted by molar-refractivity contribution is -0.114. The van der Waals surface area contributed by atoms with Gasteiger partial charge in [-0.3, -0.25) is 4.79 Å². The summed E-state index contributed by atoms with van der Waals surface area (Å²) in [6.07, 6.45) is 1.69. The number of esters is 1. The van der Waals surface area contributed by atoms with Crippen LogP contribution in [0.3, 0.4) is 0 Å². The Morgan fingerprint density at radius 3 is 2.45 bits per heavy atom. The molecule has 0 N–H and O–H groups in total. The van der Waals surface area contributed by atoms with E-state index < -0.39 is 0 Å². The van der Waals surface area contributed by atoms with Crippen molar-refractivity contribution in [3.8, 4) is 11.3 Å². The summed E-state index contributed by atoms with van der Waals surface area (Å²) in [6.45, 7) is 1.79. The maximum Gasteiger partial charge on any atom is 0.337 e. The summed E-state index contributed by atoms with van der Waals surface area (Å²) in [4.78, 5) is 24.3. The second kappa shape index (κ2) is 7.59. The predicted molar refractivity (Wildman–Crippen MR) is 110 cm³/mol. The van der Waals surface area contributed by atoms with Crippen LogP contribution >= 0.6 is 0 Å². The number of hydrazone groups is 1. The van der Waals surface area contributed by atoms with Gasteiger partial charge in [-0.25, -0.2) is 4.79 Å². The number of hydrogen-bond acceptors (Lipinski definition) is 5. The summed E-state index contributed by atoms with van der Waals surface area (Å²) < 4.78 is 10.6. The van der Waals surface area contributed by atoms with E-state index in [1.54, 1.807) is 43.3 Å². The van der Waals surface area contributed by atoms with Crippen LogP contribution in [0.1, 0.15) is 23.0 Å². The van der Waals surface area contributed by atoms with Crippen molar-refractivity contribution in [2.75, 3.05) is 12.1 Å². The normalized spacial score (nSPS) is 15.0. The molecule has 4 rings (SSSR count). The molecular formula is C23H18N2O4.